The lowest BCUT2D eigenvalue weighted by molar-refractivity contribution is -0.0798. The summed E-state index contributed by atoms with van der Waals surface area (Å²) in [6.45, 7) is 0. The van der Waals surface area contributed by atoms with Gasteiger partial charge in [0, 0.05) is 12.6 Å². The van der Waals surface area contributed by atoms with Gasteiger partial charge in [-0.1, -0.05) is 0 Å². The molecule has 82 valence electrons. The average molecular weight is 217 g/mol. The SMILES string of the molecule is CN(N)C12CC3CC(CC(C3)C1)C2.Cl. The van der Waals surface area contributed by atoms with Crippen LogP contribution in [0, 0.1) is 17.8 Å². The molecule has 3 heteroatoms. The van der Waals surface area contributed by atoms with E-state index in [9.17, 15) is 0 Å². The first-order chi connectivity index (χ1) is 6.18. The molecule has 4 fully saturated rings. The molecule has 14 heavy (non-hydrogen) atoms. The summed E-state index contributed by atoms with van der Waals surface area (Å²) in [5.74, 6) is 9.06. The molecule has 4 rings (SSSR count). The third kappa shape index (κ3) is 1.39. The summed E-state index contributed by atoms with van der Waals surface area (Å²) in [5, 5.41) is 2.04. The maximum Gasteiger partial charge on any atom is 0.0356 e. The minimum Gasteiger partial charge on any atom is -0.269 e. The fourth-order valence-corrected chi connectivity index (χ4v) is 4.50. The number of rotatable bonds is 1. The van der Waals surface area contributed by atoms with Crippen LogP contribution >= 0.6 is 12.4 Å². The van der Waals surface area contributed by atoms with Crippen LogP contribution in [0.1, 0.15) is 38.5 Å². The number of nitrogens with zero attached hydrogens (tertiary/aromatic N) is 1. The molecule has 0 atom stereocenters. The normalized spacial score (nSPS) is 49.5. The molecule has 0 aromatic rings. The Balaban J connectivity index is 0.000000750. The van der Waals surface area contributed by atoms with Gasteiger partial charge in [0.05, 0.1) is 0 Å². The van der Waals surface area contributed by atoms with E-state index >= 15 is 0 Å². The van der Waals surface area contributed by atoms with Crippen molar-refractivity contribution < 1.29 is 0 Å². The molecule has 0 heterocycles. The van der Waals surface area contributed by atoms with E-state index in [1.807, 2.05) is 5.01 Å². The number of hydrazine groups is 1. The first-order valence-electron chi connectivity index (χ1n) is 5.66. The van der Waals surface area contributed by atoms with Crippen LogP contribution in [-0.2, 0) is 0 Å². The molecule has 4 saturated carbocycles. The molecule has 0 aromatic carbocycles. The van der Waals surface area contributed by atoms with E-state index in [0.717, 1.165) is 17.8 Å². The van der Waals surface area contributed by atoms with Gasteiger partial charge >= 0.3 is 0 Å². The Bertz CT molecular complexity index is 192. The van der Waals surface area contributed by atoms with Crippen LogP contribution in [-0.4, -0.2) is 17.6 Å². The Hall–Kier alpha value is 0.210. The minimum absolute atomic E-state index is 0. The summed E-state index contributed by atoms with van der Waals surface area (Å²) >= 11 is 0. The lowest BCUT2D eigenvalue weighted by Crippen LogP contribution is -2.60. The highest BCUT2D eigenvalue weighted by molar-refractivity contribution is 5.85. The molecule has 0 unspecified atom stereocenters. The van der Waals surface area contributed by atoms with Gasteiger partial charge in [0.1, 0.15) is 0 Å². The molecule has 0 aromatic heterocycles. The minimum atomic E-state index is 0. The van der Waals surface area contributed by atoms with Gasteiger partial charge in [-0.25, -0.2) is 5.01 Å². The van der Waals surface area contributed by atoms with Gasteiger partial charge in [0.15, 0.2) is 0 Å². The van der Waals surface area contributed by atoms with E-state index < -0.39 is 0 Å². The number of nitrogens with two attached hydrogens (primary N) is 1. The number of halogens is 1. The van der Waals surface area contributed by atoms with E-state index in [0.29, 0.717) is 5.54 Å². The second-order valence-electron chi connectivity index (χ2n) is 5.75. The number of hydrogen-bond donors (Lipinski definition) is 1. The Kier molecular flexibility index (Phi) is 2.57. The molecule has 0 spiro atoms. The van der Waals surface area contributed by atoms with Crippen molar-refractivity contribution in [1.82, 2.24) is 5.01 Å². The van der Waals surface area contributed by atoms with Gasteiger partial charge in [0.2, 0.25) is 0 Å². The predicted molar refractivity (Wildman–Crippen MR) is 60.1 cm³/mol. The van der Waals surface area contributed by atoms with E-state index in [1.165, 1.54) is 38.5 Å². The van der Waals surface area contributed by atoms with Crippen molar-refractivity contribution in [1.29, 1.82) is 0 Å². The van der Waals surface area contributed by atoms with Crippen molar-refractivity contribution in [3.05, 3.63) is 0 Å². The Morgan fingerprint density at radius 2 is 1.36 bits per heavy atom. The lowest BCUT2D eigenvalue weighted by atomic mass is 9.53. The van der Waals surface area contributed by atoms with Crippen LogP contribution in [0.25, 0.3) is 0 Å². The topological polar surface area (TPSA) is 29.3 Å². The van der Waals surface area contributed by atoms with Crippen LogP contribution in [0.4, 0.5) is 0 Å². The van der Waals surface area contributed by atoms with Crippen LogP contribution in [0.15, 0.2) is 0 Å². The molecule has 0 amide bonds. The summed E-state index contributed by atoms with van der Waals surface area (Å²) in [6, 6.07) is 0. The smallest absolute Gasteiger partial charge is 0.0356 e. The third-order valence-electron chi connectivity index (χ3n) is 4.75. The molecule has 0 saturated heterocycles. The highest BCUT2D eigenvalue weighted by Crippen LogP contribution is 2.56. The van der Waals surface area contributed by atoms with Gasteiger partial charge < -0.3 is 0 Å². The van der Waals surface area contributed by atoms with E-state index in [4.69, 9.17) is 5.84 Å². The zero-order valence-electron chi connectivity index (χ0n) is 8.91. The molecule has 0 radical (unpaired) electrons. The van der Waals surface area contributed by atoms with Crippen LogP contribution < -0.4 is 5.84 Å². The summed E-state index contributed by atoms with van der Waals surface area (Å²) in [5.41, 5.74) is 0.411. The molecule has 4 aliphatic rings. The van der Waals surface area contributed by atoms with Crippen molar-refractivity contribution in [2.24, 2.45) is 23.6 Å². The van der Waals surface area contributed by atoms with Gasteiger partial charge in [0.25, 0.3) is 0 Å². The second-order valence-corrected chi connectivity index (χ2v) is 5.75. The summed E-state index contributed by atoms with van der Waals surface area (Å²) in [6.07, 6.45) is 8.66. The molecular formula is C11H21ClN2. The third-order valence-corrected chi connectivity index (χ3v) is 4.75. The molecule has 4 bridgehead atoms. The zero-order chi connectivity index (χ0) is 9.05. The Morgan fingerprint density at radius 3 is 1.64 bits per heavy atom. The van der Waals surface area contributed by atoms with Gasteiger partial charge in [-0.15, -0.1) is 12.4 Å². The van der Waals surface area contributed by atoms with Gasteiger partial charge in [-0.05, 0) is 56.3 Å². The van der Waals surface area contributed by atoms with Crippen molar-refractivity contribution >= 4 is 12.4 Å². The van der Waals surface area contributed by atoms with Crippen molar-refractivity contribution in [2.75, 3.05) is 7.05 Å². The standard InChI is InChI=1S/C11H20N2.ClH/c1-13(12)11-5-8-2-9(6-11)4-10(3-8)7-11;/h8-10H,2-7,12H2,1H3;1H. The van der Waals surface area contributed by atoms with Crippen molar-refractivity contribution in [3.8, 4) is 0 Å². The Labute approximate surface area is 92.6 Å². The fraction of sp³-hybridized carbons (Fsp3) is 1.00. The second kappa shape index (κ2) is 3.36. The Morgan fingerprint density at radius 1 is 1.00 bits per heavy atom. The largest absolute Gasteiger partial charge is 0.269 e. The first kappa shape index (κ1) is 10.7. The molecule has 2 N–H and O–H groups in total. The van der Waals surface area contributed by atoms with Crippen LogP contribution in [0.3, 0.4) is 0 Å². The maximum absolute atomic E-state index is 6.02. The average Bonchev–Trinajstić information content (AvgIpc) is 2.00. The monoisotopic (exact) mass is 216 g/mol. The maximum atomic E-state index is 6.02. The van der Waals surface area contributed by atoms with E-state index in [1.54, 1.807) is 0 Å². The molecule has 4 aliphatic carbocycles. The lowest BCUT2D eigenvalue weighted by Gasteiger charge is -2.58. The summed E-state index contributed by atoms with van der Waals surface area (Å²) in [7, 11) is 2.08. The van der Waals surface area contributed by atoms with Gasteiger partial charge in [-0.3, -0.25) is 5.84 Å². The van der Waals surface area contributed by atoms with E-state index in [2.05, 4.69) is 7.05 Å². The van der Waals surface area contributed by atoms with E-state index in [-0.39, 0.29) is 12.4 Å². The number of hydrogen-bond acceptors (Lipinski definition) is 2. The quantitative estimate of drug-likeness (QED) is 0.538. The zero-order valence-corrected chi connectivity index (χ0v) is 9.72. The fourth-order valence-electron chi connectivity index (χ4n) is 4.50. The highest BCUT2D eigenvalue weighted by Gasteiger charge is 2.52. The summed E-state index contributed by atoms with van der Waals surface area (Å²) in [4.78, 5) is 0. The van der Waals surface area contributed by atoms with Crippen LogP contribution in [0.2, 0.25) is 0 Å². The predicted octanol–water partition coefficient (Wildman–Crippen LogP) is 2.18. The van der Waals surface area contributed by atoms with Crippen molar-refractivity contribution in [2.45, 2.75) is 44.1 Å². The molecular weight excluding hydrogens is 196 g/mol. The molecule has 2 nitrogen and oxygen atoms in total. The van der Waals surface area contributed by atoms with Crippen LogP contribution in [0.5, 0.6) is 0 Å². The molecule has 0 aliphatic heterocycles. The highest BCUT2D eigenvalue weighted by atomic mass is 35.5. The summed E-state index contributed by atoms with van der Waals surface area (Å²) < 4.78 is 0. The first-order valence-corrected chi connectivity index (χ1v) is 5.66. The van der Waals surface area contributed by atoms with Crippen molar-refractivity contribution in [3.63, 3.8) is 0 Å². The van der Waals surface area contributed by atoms with Gasteiger partial charge in [-0.2, -0.15) is 0 Å².